The van der Waals surface area contributed by atoms with Crippen LogP contribution in [0.25, 0.3) is 0 Å². The van der Waals surface area contributed by atoms with Gasteiger partial charge in [-0.25, -0.2) is 4.39 Å². The predicted octanol–water partition coefficient (Wildman–Crippen LogP) is 1.72. The van der Waals surface area contributed by atoms with E-state index < -0.39 is 0 Å². The Labute approximate surface area is 101 Å². The third-order valence-electron chi connectivity index (χ3n) is 3.34. The van der Waals surface area contributed by atoms with E-state index in [1.165, 1.54) is 6.07 Å². The van der Waals surface area contributed by atoms with Crippen LogP contribution in [-0.4, -0.2) is 36.2 Å². The topological polar surface area (TPSA) is 35.5 Å². The number of halogens is 1. The maximum Gasteiger partial charge on any atom is 0.127 e. The van der Waals surface area contributed by atoms with Gasteiger partial charge in [-0.2, -0.15) is 0 Å². The van der Waals surface area contributed by atoms with Gasteiger partial charge in [-0.3, -0.25) is 4.90 Å². The molecule has 3 nitrogen and oxygen atoms in total. The van der Waals surface area contributed by atoms with Gasteiger partial charge in [0.1, 0.15) is 11.6 Å². The van der Waals surface area contributed by atoms with Crippen LogP contribution in [0.4, 0.5) is 4.39 Å². The lowest BCUT2D eigenvalue weighted by Crippen LogP contribution is -2.40. The summed E-state index contributed by atoms with van der Waals surface area (Å²) in [7, 11) is 1.99. The second-order valence-corrected chi connectivity index (χ2v) is 4.66. The summed E-state index contributed by atoms with van der Waals surface area (Å²) >= 11 is 0. The maximum atomic E-state index is 13.1. The first-order valence-electron chi connectivity index (χ1n) is 6.05. The fraction of sp³-hybridized carbons (Fsp3) is 0.538. The minimum Gasteiger partial charge on any atom is -0.508 e. The summed E-state index contributed by atoms with van der Waals surface area (Å²) < 4.78 is 13.1. The van der Waals surface area contributed by atoms with Crippen LogP contribution >= 0.6 is 0 Å². The van der Waals surface area contributed by atoms with E-state index in [0.29, 0.717) is 12.6 Å². The van der Waals surface area contributed by atoms with Crippen molar-refractivity contribution in [2.24, 2.45) is 0 Å². The average Bonchev–Trinajstić information content (AvgIpc) is 2.28. The molecule has 4 heteroatoms. The molecule has 0 aromatic heterocycles. The number of nitrogens with zero attached hydrogens (tertiary/aromatic N) is 1. The summed E-state index contributed by atoms with van der Waals surface area (Å²) in [6.45, 7) is 2.74. The normalized spacial score (nSPS) is 18.5. The van der Waals surface area contributed by atoms with Crippen molar-refractivity contribution >= 4 is 0 Å². The molecule has 94 valence electrons. The van der Waals surface area contributed by atoms with Crippen LogP contribution in [0.1, 0.15) is 18.4 Å². The lowest BCUT2D eigenvalue weighted by molar-refractivity contribution is 0.194. The summed E-state index contributed by atoms with van der Waals surface area (Å²) in [6.07, 6.45) is 2.25. The van der Waals surface area contributed by atoms with E-state index in [-0.39, 0.29) is 11.6 Å². The molecule has 0 saturated carbocycles. The molecule has 0 radical (unpaired) electrons. The highest BCUT2D eigenvalue weighted by Crippen LogP contribution is 2.18. The number of aromatic hydroxyl groups is 1. The van der Waals surface area contributed by atoms with Gasteiger partial charge >= 0.3 is 0 Å². The molecule has 1 heterocycles. The smallest absolute Gasteiger partial charge is 0.127 e. The Kier molecular flexibility index (Phi) is 3.97. The Bertz CT molecular complexity index is 355. The van der Waals surface area contributed by atoms with E-state index in [1.54, 1.807) is 6.07 Å². The summed E-state index contributed by atoms with van der Waals surface area (Å²) in [5.74, 6) is -0.366. The van der Waals surface area contributed by atoms with E-state index in [4.69, 9.17) is 0 Å². The molecule has 1 aromatic carbocycles. The van der Waals surface area contributed by atoms with Crippen molar-refractivity contribution in [1.29, 1.82) is 0 Å². The number of phenols is 1. The van der Waals surface area contributed by atoms with Crippen LogP contribution in [0.2, 0.25) is 0 Å². The molecule has 1 aromatic rings. The average molecular weight is 238 g/mol. The van der Waals surface area contributed by atoms with Crippen molar-refractivity contribution in [3.63, 3.8) is 0 Å². The Morgan fingerprint density at radius 1 is 1.35 bits per heavy atom. The van der Waals surface area contributed by atoms with Crippen LogP contribution in [0.3, 0.4) is 0 Å². The van der Waals surface area contributed by atoms with Gasteiger partial charge in [0.05, 0.1) is 0 Å². The number of hydrogen-bond donors (Lipinski definition) is 2. The number of hydrogen-bond acceptors (Lipinski definition) is 3. The molecule has 0 amide bonds. The van der Waals surface area contributed by atoms with Crippen LogP contribution < -0.4 is 5.32 Å². The van der Waals surface area contributed by atoms with E-state index in [0.717, 1.165) is 37.6 Å². The quantitative estimate of drug-likeness (QED) is 0.841. The Balaban J connectivity index is 1.93. The minimum atomic E-state index is -0.370. The van der Waals surface area contributed by atoms with Gasteiger partial charge in [-0.1, -0.05) is 0 Å². The zero-order valence-corrected chi connectivity index (χ0v) is 10.1. The van der Waals surface area contributed by atoms with Crippen LogP contribution in [-0.2, 0) is 6.54 Å². The molecule has 0 atom stereocenters. The molecule has 1 aliphatic rings. The Morgan fingerprint density at radius 3 is 2.65 bits per heavy atom. The summed E-state index contributed by atoms with van der Waals surface area (Å²) in [5, 5.41) is 12.6. The molecular formula is C13H19FN2O. The van der Waals surface area contributed by atoms with E-state index in [1.807, 2.05) is 7.05 Å². The lowest BCUT2D eigenvalue weighted by atomic mass is 10.0. The summed E-state index contributed by atoms with van der Waals surface area (Å²) in [6, 6.07) is 4.86. The minimum absolute atomic E-state index is 0.00473. The lowest BCUT2D eigenvalue weighted by Gasteiger charge is -2.31. The Morgan fingerprint density at radius 2 is 2.06 bits per heavy atom. The SMILES string of the molecule is CNC1CCN(Cc2cc(O)cc(F)c2)CC1. The molecule has 0 spiro atoms. The third kappa shape index (κ3) is 3.41. The van der Waals surface area contributed by atoms with Crippen molar-refractivity contribution in [2.45, 2.75) is 25.4 Å². The monoisotopic (exact) mass is 238 g/mol. The fourth-order valence-electron chi connectivity index (χ4n) is 2.36. The molecular weight excluding hydrogens is 219 g/mol. The third-order valence-corrected chi connectivity index (χ3v) is 3.34. The van der Waals surface area contributed by atoms with Gasteiger partial charge in [-0.05, 0) is 50.7 Å². The second-order valence-electron chi connectivity index (χ2n) is 4.66. The highest BCUT2D eigenvalue weighted by molar-refractivity contribution is 5.28. The van der Waals surface area contributed by atoms with Crippen molar-refractivity contribution < 1.29 is 9.50 Å². The Hall–Kier alpha value is -1.13. The maximum absolute atomic E-state index is 13.1. The number of piperidine rings is 1. The van der Waals surface area contributed by atoms with Gasteiger partial charge < -0.3 is 10.4 Å². The molecule has 1 fully saturated rings. The summed E-state index contributed by atoms with van der Waals surface area (Å²) in [4.78, 5) is 2.29. The number of rotatable bonds is 3. The molecule has 17 heavy (non-hydrogen) atoms. The van der Waals surface area contributed by atoms with Crippen molar-refractivity contribution in [1.82, 2.24) is 10.2 Å². The molecule has 2 rings (SSSR count). The predicted molar refractivity (Wildman–Crippen MR) is 65.4 cm³/mol. The van der Waals surface area contributed by atoms with Gasteiger partial charge in [0, 0.05) is 18.7 Å². The van der Waals surface area contributed by atoms with E-state index in [9.17, 15) is 9.50 Å². The van der Waals surface area contributed by atoms with Crippen LogP contribution in [0.5, 0.6) is 5.75 Å². The van der Waals surface area contributed by atoms with Gasteiger partial charge in [0.15, 0.2) is 0 Å². The number of phenolic OH excluding ortho intramolecular Hbond substituents is 1. The molecule has 2 N–H and O–H groups in total. The first-order chi connectivity index (χ1) is 8.17. The standard InChI is InChI=1S/C13H19FN2O/c1-15-12-2-4-16(5-3-12)9-10-6-11(14)8-13(17)7-10/h6-8,12,15,17H,2-5,9H2,1H3. The number of likely N-dealkylation sites (tertiary alicyclic amines) is 1. The fourth-order valence-corrected chi connectivity index (χ4v) is 2.36. The largest absolute Gasteiger partial charge is 0.508 e. The van der Waals surface area contributed by atoms with Crippen molar-refractivity contribution in [2.75, 3.05) is 20.1 Å². The van der Waals surface area contributed by atoms with Gasteiger partial charge in [-0.15, -0.1) is 0 Å². The molecule has 1 aliphatic heterocycles. The van der Waals surface area contributed by atoms with E-state index >= 15 is 0 Å². The first kappa shape index (κ1) is 12.3. The molecule has 0 bridgehead atoms. The summed E-state index contributed by atoms with van der Waals surface area (Å²) in [5.41, 5.74) is 0.838. The molecule has 0 aliphatic carbocycles. The van der Waals surface area contributed by atoms with Crippen LogP contribution in [0, 0.1) is 5.82 Å². The van der Waals surface area contributed by atoms with Crippen LogP contribution in [0.15, 0.2) is 18.2 Å². The molecule has 0 unspecified atom stereocenters. The second kappa shape index (κ2) is 5.47. The highest BCUT2D eigenvalue weighted by atomic mass is 19.1. The highest BCUT2D eigenvalue weighted by Gasteiger charge is 2.17. The van der Waals surface area contributed by atoms with E-state index in [2.05, 4.69) is 10.2 Å². The molecule has 1 saturated heterocycles. The van der Waals surface area contributed by atoms with Crippen molar-refractivity contribution in [3.8, 4) is 5.75 Å². The van der Waals surface area contributed by atoms with Gasteiger partial charge in [0.2, 0.25) is 0 Å². The zero-order valence-electron chi connectivity index (χ0n) is 10.1. The zero-order chi connectivity index (χ0) is 12.3. The van der Waals surface area contributed by atoms with Crippen molar-refractivity contribution in [3.05, 3.63) is 29.6 Å². The number of nitrogens with one attached hydrogen (secondary N) is 1. The number of benzene rings is 1. The first-order valence-corrected chi connectivity index (χ1v) is 6.05. The van der Waals surface area contributed by atoms with Gasteiger partial charge in [0.25, 0.3) is 0 Å².